The molecule has 2 amide bonds. The van der Waals surface area contributed by atoms with Crippen molar-refractivity contribution in [3.05, 3.63) is 94.8 Å². The highest BCUT2D eigenvalue weighted by Gasteiger charge is 2.34. The molecule has 2 unspecified atom stereocenters. The third-order valence-corrected chi connectivity index (χ3v) is 8.70. The highest BCUT2D eigenvalue weighted by Crippen LogP contribution is 2.25. The van der Waals surface area contributed by atoms with Crippen molar-refractivity contribution in [2.75, 3.05) is 10.8 Å². The van der Waals surface area contributed by atoms with Gasteiger partial charge in [0.1, 0.15) is 18.4 Å². The van der Waals surface area contributed by atoms with Crippen molar-refractivity contribution in [1.82, 2.24) is 10.2 Å². The van der Waals surface area contributed by atoms with E-state index in [1.165, 1.54) is 4.90 Å². The normalized spacial score (nSPS) is 12.8. The number of nitrogens with one attached hydrogen (secondary N) is 1. The van der Waals surface area contributed by atoms with E-state index in [1.54, 1.807) is 55.5 Å². The summed E-state index contributed by atoms with van der Waals surface area (Å²) in [5.74, 6) is -1.46. The van der Waals surface area contributed by atoms with Crippen LogP contribution in [0, 0.1) is 12.7 Å². The first kappa shape index (κ1) is 31.1. The SMILES string of the molecule is CCC(C)NC(=O)C(CC)N(Cc1ccc(Cl)cc1)C(=O)CN(c1ccc(C)cc1)S(=O)(=O)c1ccc(F)cc1. The Hall–Kier alpha value is -3.43. The Morgan fingerprint density at radius 1 is 0.925 bits per heavy atom. The standard InChI is InChI=1S/C30H35ClFN3O4S/c1-5-22(4)33-30(37)28(6-2)34(19-23-9-11-24(31)12-10-23)29(36)20-35(26-15-7-21(3)8-16-26)40(38,39)27-17-13-25(32)14-18-27/h7-18,22,28H,5-6,19-20H2,1-4H3,(H,33,37). The minimum atomic E-state index is -4.27. The molecule has 0 saturated heterocycles. The predicted octanol–water partition coefficient (Wildman–Crippen LogP) is 5.70. The summed E-state index contributed by atoms with van der Waals surface area (Å²) in [5, 5.41) is 3.47. The van der Waals surface area contributed by atoms with Crippen molar-refractivity contribution in [1.29, 1.82) is 0 Å². The van der Waals surface area contributed by atoms with Crippen molar-refractivity contribution in [3.63, 3.8) is 0 Å². The van der Waals surface area contributed by atoms with Gasteiger partial charge in [-0.05, 0) is 80.8 Å². The number of rotatable bonds is 12. The molecule has 0 aliphatic carbocycles. The van der Waals surface area contributed by atoms with Crippen LogP contribution in [-0.4, -0.2) is 43.8 Å². The first-order valence-corrected chi connectivity index (χ1v) is 15.0. The lowest BCUT2D eigenvalue weighted by Gasteiger charge is -2.33. The summed E-state index contributed by atoms with van der Waals surface area (Å²) in [7, 11) is -4.27. The van der Waals surface area contributed by atoms with Gasteiger partial charge in [-0.15, -0.1) is 0 Å². The molecule has 2 atom stereocenters. The van der Waals surface area contributed by atoms with Crippen molar-refractivity contribution >= 4 is 39.1 Å². The third-order valence-electron chi connectivity index (χ3n) is 6.66. The number of hydrogen-bond acceptors (Lipinski definition) is 4. The van der Waals surface area contributed by atoms with Crippen molar-refractivity contribution in [2.24, 2.45) is 0 Å². The molecule has 0 aromatic heterocycles. The minimum absolute atomic E-state index is 0.0702. The van der Waals surface area contributed by atoms with Gasteiger partial charge in [0, 0.05) is 17.6 Å². The average molecular weight is 588 g/mol. The molecule has 40 heavy (non-hydrogen) atoms. The van der Waals surface area contributed by atoms with Gasteiger partial charge in [-0.1, -0.05) is 55.3 Å². The van der Waals surface area contributed by atoms with Gasteiger partial charge in [-0.3, -0.25) is 13.9 Å². The van der Waals surface area contributed by atoms with Crippen LogP contribution in [0.4, 0.5) is 10.1 Å². The summed E-state index contributed by atoms with van der Waals surface area (Å²) in [4.78, 5) is 28.5. The van der Waals surface area contributed by atoms with Gasteiger partial charge in [0.05, 0.1) is 10.6 Å². The number of carbonyl (C=O) groups excluding carboxylic acids is 2. The molecule has 0 saturated carbocycles. The molecule has 0 radical (unpaired) electrons. The zero-order valence-electron chi connectivity index (χ0n) is 23.1. The maximum atomic E-state index is 14.0. The van der Waals surface area contributed by atoms with Crippen molar-refractivity contribution in [3.8, 4) is 0 Å². The highest BCUT2D eigenvalue weighted by molar-refractivity contribution is 7.92. The molecule has 0 bridgehead atoms. The van der Waals surface area contributed by atoms with Crippen LogP contribution in [0.1, 0.15) is 44.7 Å². The van der Waals surface area contributed by atoms with E-state index in [0.717, 1.165) is 39.7 Å². The lowest BCUT2D eigenvalue weighted by atomic mass is 10.1. The fourth-order valence-corrected chi connectivity index (χ4v) is 5.66. The van der Waals surface area contributed by atoms with E-state index in [1.807, 2.05) is 20.8 Å². The maximum absolute atomic E-state index is 14.0. The minimum Gasteiger partial charge on any atom is -0.352 e. The Bertz CT molecular complexity index is 1400. The number of hydrogen-bond donors (Lipinski definition) is 1. The third kappa shape index (κ3) is 7.82. The van der Waals surface area contributed by atoms with Gasteiger partial charge in [0.2, 0.25) is 11.8 Å². The molecule has 0 fully saturated rings. The summed E-state index contributed by atoms with van der Waals surface area (Å²) in [6.07, 6.45) is 1.03. The Kier molecular flexibility index (Phi) is 10.7. The van der Waals surface area contributed by atoms with E-state index < -0.39 is 34.3 Å². The number of aryl methyl sites for hydroxylation is 1. The van der Waals surface area contributed by atoms with Gasteiger partial charge >= 0.3 is 0 Å². The summed E-state index contributed by atoms with van der Waals surface area (Å²) in [6.45, 7) is 7.00. The molecule has 3 aromatic rings. The molecular weight excluding hydrogens is 553 g/mol. The summed E-state index contributed by atoms with van der Waals surface area (Å²) in [6, 6.07) is 17.1. The Morgan fingerprint density at radius 2 is 1.52 bits per heavy atom. The molecule has 0 aliphatic rings. The monoisotopic (exact) mass is 587 g/mol. The number of amides is 2. The van der Waals surface area contributed by atoms with Gasteiger partial charge in [-0.2, -0.15) is 0 Å². The van der Waals surface area contributed by atoms with Gasteiger partial charge < -0.3 is 10.2 Å². The molecule has 3 aromatic carbocycles. The van der Waals surface area contributed by atoms with Gasteiger partial charge in [0.15, 0.2) is 0 Å². The maximum Gasteiger partial charge on any atom is 0.264 e. The lowest BCUT2D eigenvalue weighted by molar-refractivity contribution is -0.140. The molecule has 1 N–H and O–H groups in total. The average Bonchev–Trinajstić information content (AvgIpc) is 2.93. The predicted molar refractivity (Wildman–Crippen MR) is 156 cm³/mol. The van der Waals surface area contributed by atoms with Crippen molar-refractivity contribution in [2.45, 2.75) is 64.1 Å². The highest BCUT2D eigenvalue weighted by atomic mass is 35.5. The van der Waals surface area contributed by atoms with Crippen molar-refractivity contribution < 1.29 is 22.4 Å². The number of benzene rings is 3. The zero-order chi connectivity index (χ0) is 29.4. The van der Waals surface area contributed by atoms with Crippen LogP contribution in [0.25, 0.3) is 0 Å². The molecule has 0 spiro atoms. The smallest absolute Gasteiger partial charge is 0.264 e. The molecule has 7 nitrogen and oxygen atoms in total. The van der Waals surface area contributed by atoms with E-state index in [2.05, 4.69) is 5.32 Å². The Balaban J connectivity index is 2.04. The quantitative estimate of drug-likeness (QED) is 0.294. The molecular formula is C30H35ClFN3O4S. The van der Waals surface area contributed by atoms with Crippen LogP contribution in [0.5, 0.6) is 0 Å². The van der Waals surface area contributed by atoms with E-state index in [-0.39, 0.29) is 29.1 Å². The summed E-state index contributed by atoms with van der Waals surface area (Å²) in [5.41, 5.74) is 1.91. The van der Waals surface area contributed by atoms with Crippen LogP contribution < -0.4 is 9.62 Å². The number of carbonyl (C=O) groups is 2. The first-order chi connectivity index (χ1) is 19.0. The largest absolute Gasteiger partial charge is 0.352 e. The van der Waals surface area contributed by atoms with Crippen LogP contribution >= 0.6 is 11.6 Å². The molecule has 3 rings (SSSR count). The summed E-state index contributed by atoms with van der Waals surface area (Å²) < 4.78 is 42.2. The van der Waals surface area contributed by atoms with E-state index in [0.29, 0.717) is 17.9 Å². The number of halogens is 2. The van der Waals surface area contributed by atoms with E-state index in [4.69, 9.17) is 11.6 Å². The second kappa shape index (κ2) is 13.8. The molecule has 214 valence electrons. The van der Waals surface area contributed by atoms with E-state index in [9.17, 15) is 22.4 Å². The van der Waals surface area contributed by atoms with E-state index >= 15 is 0 Å². The van der Waals surface area contributed by atoms with Crippen LogP contribution in [0.15, 0.2) is 77.7 Å². The fourth-order valence-electron chi connectivity index (χ4n) is 4.12. The number of anilines is 1. The van der Waals surface area contributed by atoms with Gasteiger partial charge in [0.25, 0.3) is 10.0 Å². The number of nitrogens with zero attached hydrogens (tertiary/aromatic N) is 2. The molecule has 0 heterocycles. The number of sulfonamides is 1. The van der Waals surface area contributed by atoms with Crippen LogP contribution in [0.2, 0.25) is 5.02 Å². The second-order valence-corrected chi connectivity index (χ2v) is 12.0. The summed E-state index contributed by atoms with van der Waals surface area (Å²) >= 11 is 6.05. The fraction of sp³-hybridized carbons (Fsp3) is 0.333. The van der Waals surface area contributed by atoms with Crippen LogP contribution in [-0.2, 0) is 26.2 Å². The topological polar surface area (TPSA) is 86.8 Å². The van der Waals surface area contributed by atoms with Gasteiger partial charge in [-0.25, -0.2) is 12.8 Å². The zero-order valence-corrected chi connectivity index (χ0v) is 24.7. The second-order valence-electron chi connectivity index (χ2n) is 9.69. The van der Waals surface area contributed by atoms with Crippen LogP contribution in [0.3, 0.4) is 0 Å². The lowest BCUT2D eigenvalue weighted by Crippen LogP contribution is -2.53. The Labute approximate surface area is 241 Å². The molecule has 0 aliphatic heterocycles. The first-order valence-electron chi connectivity index (χ1n) is 13.2. The Morgan fingerprint density at radius 3 is 2.08 bits per heavy atom. The molecule has 10 heteroatoms.